The van der Waals surface area contributed by atoms with Crippen molar-refractivity contribution < 1.29 is 4.74 Å². The highest BCUT2D eigenvalue weighted by Gasteiger charge is 2.13. The molecule has 0 aromatic carbocycles. The fraction of sp³-hybridized carbons (Fsp3) is 0.615. The lowest BCUT2D eigenvalue weighted by Crippen LogP contribution is -2.31. The molecule has 17 heavy (non-hydrogen) atoms. The lowest BCUT2D eigenvalue weighted by Gasteiger charge is -2.23. The fourth-order valence-electron chi connectivity index (χ4n) is 2.12. The molecule has 1 aromatic rings. The molecule has 0 atom stereocenters. The fourth-order valence-corrected chi connectivity index (χ4v) is 2.12. The molecular weight excluding hydrogens is 214 g/mol. The molecule has 1 aliphatic heterocycles. The second-order valence-electron chi connectivity index (χ2n) is 4.36. The molecule has 0 saturated carbocycles. The zero-order chi connectivity index (χ0) is 11.9. The first-order valence-corrected chi connectivity index (χ1v) is 6.42. The average molecular weight is 235 g/mol. The van der Waals surface area contributed by atoms with E-state index in [1.165, 1.54) is 12.8 Å². The van der Waals surface area contributed by atoms with E-state index < -0.39 is 0 Å². The first-order chi connectivity index (χ1) is 8.40. The number of nitrogens with zero attached hydrogens (tertiary/aromatic N) is 1. The Bertz CT molecular complexity index is 337. The van der Waals surface area contributed by atoms with Crippen molar-refractivity contribution in [2.75, 3.05) is 31.6 Å². The van der Waals surface area contributed by atoms with Crippen molar-refractivity contribution >= 4 is 5.69 Å². The van der Waals surface area contributed by atoms with Crippen LogP contribution in [-0.4, -0.2) is 31.2 Å². The second-order valence-corrected chi connectivity index (χ2v) is 4.36. The SMILES string of the molecule is CCOc1ncccc1NCC1CCNCC1. The van der Waals surface area contributed by atoms with Gasteiger partial charge in [-0.1, -0.05) is 0 Å². The number of hydrogen-bond acceptors (Lipinski definition) is 4. The monoisotopic (exact) mass is 235 g/mol. The van der Waals surface area contributed by atoms with E-state index >= 15 is 0 Å². The van der Waals surface area contributed by atoms with Crippen LogP contribution in [0.25, 0.3) is 0 Å². The van der Waals surface area contributed by atoms with Crippen molar-refractivity contribution in [3.05, 3.63) is 18.3 Å². The maximum atomic E-state index is 5.49. The van der Waals surface area contributed by atoms with Gasteiger partial charge >= 0.3 is 0 Å². The van der Waals surface area contributed by atoms with Crippen LogP contribution in [0.15, 0.2) is 18.3 Å². The summed E-state index contributed by atoms with van der Waals surface area (Å²) in [6.07, 6.45) is 4.26. The third-order valence-electron chi connectivity index (χ3n) is 3.09. The topological polar surface area (TPSA) is 46.2 Å². The van der Waals surface area contributed by atoms with Crippen LogP contribution in [-0.2, 0) is 0 Å². The molecule has 0 spiro atoms. The van der Waals surface area contributed by atoms with E-state index in [9.17, 15) is 0 Å². The molecule has 0 aliphatic carbocycles. The maximum absolute atomic E-state index is 5.49. The van der Waals surface area contributed by atoms with E-state index in [1.807, 2.05) is 19.1 Å². The molecule has 4 nitrogen and oxygen atoms in total. The summed E-state index contributed by atoms with van der Waals surface area (Å²) in [4.78, 5) is 4.24. The van der Waals surface area contributed by atoms with Crippen LogP contribution >= 0.6 is 0 Å². The van der Waals surface area contributed by atoms with Crippen molar-refractivity contribution in [3.8, 4) is 5.88 Å². The van der Waals surface area contributed by atoms with Crippen LogP contribution in [0.2, 0.25) is 0 Å². The number of anilines is 1. The molecule has 0 unspecified atom stereocenters. The minimum atomic E-state index is 0.652. The summed E-state index contributed by atoms with van der Waals surface area (Å²) in [5.41, 5.74) is 1.01. The number of piperidine rings is 1. The predicted octanol–water partition coefficient (Wildman–Crippen LogP) is 1.89. The molecule has 94 valence electrons. The first kappa shape index (κ1) is 12.2. The number of nitrogens with one attached hydrogen (secondary N) is 2. The second kappa shape index (κ2) is 6.45. The molecule has 0 bridgehead atoms. The Morgan fingerprint density at radius 1 is 1.47 bits per heavy atom. The predicted molar refractivity (Wildman–Crippen MR) is 69.5 cm³/mol. The van der Waals surface area contributed by atoms with Crippen molar-refractivity contribution in [2.45, 2.75) is 19.8 Å². The van der Waals surface area contributed by atoms with E-state index in [0.29, 0.717) is 12.5 Å². The van der Waals surface area contributed by atoms with Gasteiger partial charge in [-0.3, -0.25) is 0 Å². The Kier molecular flexibility index (Phi) is 4.62. The molecule has 4 heteroatoms. The number of rotatable bonds is 5. The van der Waals surface area contributed by atoms with Crippen LogP contribution < -0.4 is 15.4 Å². The lowest BCUT2D eigenvalue weighted by molar-refractivity contribution is 0.328. The van der Waals surface area contributed by atoms with Crippen molar-refractivity contribution in [1.29, 1.82) is 0 Å². The molecule has 2 N–H and O–H groups in total. The number of aromatic nitrogens is 1. The molecule has 1 fully saturated rings. The average Bonchev–Trinajstić information content (AvgIpc) is 2.39. The summed E-state index contributed by atoms with van der Waals surface area (Å²) >= 11 is 0. The van der Waals surface area contributed by atoms with Gasteiger partial charge in [0, 0.05) is 12.7 Å². The van der Waals surface area contributed by atoms with Crippen molar-refractivity contribution in [3.63, 3.8) is 0 Å². The summed E-state index contributed by atoms with van der Waals surface area (Å²) in [5, 5.41) is 6.83. The molecule has 1 aliphatic rings. The summed E-state index contributed by atoms with van der Waals surface area (Å²) in [6.45, 7) is 5.91. The minimum Gasteiger partial charge on any atom is -0.476 e. The van der Waals surface area contributed by atoms with Crippen LogP contribution in [0.5, 0.6) is 5.88 Å². The van der Waals surface area contributed by atoms with E-state index in [-0.39, 0.29) is 0 Å². The van der Waals surface area contributed by atoms with Gasteiger partial charge in [0.05, 0.1) is 12.3 Å². The van der Waals surface area contributed by atoms with Gasteiger partial charge in [-0.05, 0) is 50.9 Å². The molecule has 1 aromatic heterocycles. The standard InChI is InChI=1S/C13H21N3O/c1-2-17-13-12(4-3-7-15-13)16-10-11-5-8-14-9-6-11/h3-4,7,11,14,16H,2,5-6,8-10H2,1H3. The Morgan fingerprint density at radius 2 is 2.29 bits per heavy atom. The van der Waals surface area contributed by atoms with E-state index in [4.69, 9.17) is 4.74 Å². The van der Waals surface area contributed by atoms with Gasteiger partial charge in [-0.2, -0.15) is 0 Å². The van der Waals surface area contributed by atoms with Crippen molar-refractivity contribution in [1.82, 2.24) is 10.3 Å². The Labute approximate surface area is 103 Å². The summed E-state index contributed by atoms with van der Waals surface area (Å²) in [7, 11) is 0. The first-order valence-electron chi connectivity index (χ1n) is 6.42. The zero-order valence-electron chi connectivity index (χ0n) is 10.4. The highest BCUT2D eigenvalue weighted by atomic mass is 16.5. The zero-order valence-corrected chi connectivity index (χ0v) is 10.4. The molecular formula is C13H21N3O. The third-order valence-corrected chi connectivity index (χ3v) is 3.09. The maximum Gasteiger partial charge on any atom is 0.237 e. The van der Waals surface area contributed by atoms with Crippen LogP contribution in [0, 0.1) is 5.92 Å². The van der Waals surface area contributed by atoms with Gasteiger partial charge in [-0.25, -0.2) is 4.98 Å². The normalized spacial score (nSPS) is 16.8. The molecule has 0 amide bonds. The summed E-state index contributed by atoms with van der Waals surface area (Å²) in [6, 6.07) is 3.96. The summed E-state index contributed by atoms with van der Waals surface area (Å²) < 4.78 is 5.49. The minimum absolute atomic E-state index is 0.652. The van der Waals surface area contributed by atoms with Gasteiger partial charge in [0.2, 0.25) is 5.88 Å². The Hall–Kier alpha value is -1.29. The van der Waals surface area contributed by atoms with Gasteiger partial charge in [0.25, 0.3) is 0 Å². The van der Waals surface area contributed by atoms with Crippen LogP contribution in [0.4, 0.5) is 5.69 Å². The van der Waals surface area contributed by atoms with Crippen LogP contribution in [0.3, 0.4) is 0 Å². The largest absolute Gasteiger partial charge is 0.476 e. The van der Waals surface area contributed by atoms with Gasteiger partial charge in [0.1, 0.15) is 0 Å². The number of hydrogen-bond donors (Lipinski definition) is 2. The van der Waals surface area contributed by atoms with E-state index in [2.05, 4.69) is 15.6 Å². The van der Waals surface area contributed by atoms with E-state index in [1.54, 1.807) is 6.20 Å². The molecule has 2 heterocycles. The van der Waals surface area contributed by atoms with Gasteiger partial charge < -0.3 is 15.4 Å². The Morgan fingerprint density at radius 3 is 3.06 bits per heavy atom. The highest BCUT2D eigenvalue weighted by molar-refractivity contribution is 5.51. The van der Waals surface area contributed by atoms with E-state index in [0.717, 1.165) is 31.2 Å². The summed E-state index contributed by atoms with van der Waals surface area (Å²) in [5.74, 6) is 1.47. The highest BCUT2D eigenvalue weighted by Crippen LogP contribution is 2.22. The third kappa shape index (κ3) is 3.60. The lowest BCUT2D eigenvalue weighted by atomic mass is 9.98. The Balaban J connectivity index is 1.88. The van der Waals surface area contributed by atoms with Crippen molar-refractivity contribution in [2.24, 2.45) is 5.92 Å². The smallest absolute Gasteiger partial charge is 0.237 e. The quantitative estimate of drug-likeness (QED) is 0.818. The van der Waals surface area contributed by atoms with Gasteiger partial charge in [0.15, 0.2) is 0 Å². The number of pyridine rings is 1. The van der Waals surface area contributed by atoms with Crippen LogP contribution in [0.1, 0.15) is 19.8 Å². The van der Waals surface area contributed by atoms with Gasteiger partial charge in [-0.15, -0.1) is 0 Å². The number of ether oxygens (including phenoxy) is 1. The molecule has 1 saturated heterocycles. The molecule has 0 radical (unpaired) electrons. The molecule has 2 rings (SSSR count).